The van der Waals surface area contributed by atoms with E-state index in [1.165, 1.54) is 5.56 Å². The molecule has 1 heterocycles. The number of nitrogens with zero attached hydrogens (tertiary/aromatic N) is 2. The Labute approximate surface area is 213 Å². The maximum atomic E-state index is 14.0. The van der Waals surface area contributed by atoms with Crippen molar-refractivity contribution in [2.45, 2.75) is 18.9 Å². The van der Waals surface area contributed by atoms with Gasteiger partial charge in [-0.25, -0.2) is 0 Å². The fourth-order valence-electron chi connectivity index (χ4n) is 5.36. The Morgan fingerprint density at radius 3 is 1.94 bits per heavy atom. The number of benzene rings is 4. The van der Waals surface area contributed by atoms with E-state index in [0.717, 1.165) is 22.4 Å². The minimum atomic E-state index is -0.311. The monoisotopic (exact) mass is 468 g/mol. The molecule has 1 aliphatic rings. The van der Waals surface area contributed by atoms with Gasteiger partial charge in [0, 0.05) is 30.3 Å². The Morgan fingerprint density at radius 1 is 0.778 bits per heavy atom. The van der Waals surface area contributed by atoms with Crippen LogP contribution in [-0.4, -0.2) is 17.2 Å². The molecule has 176 valence electrons. The van der Waals surface area contributed by atoms with E-state index in [2.05, 4.69) is 47.4 Å². The van der Waals surface area contributed by atoms with E-state index in [-0.39, 0.29) is 24.0 Å². The summed E-state index contributed by atoms with van der Waals surface area (Å²) in [7, 11) is 0. The van der Waals surface area contributed by atoms with E-state index in [9.17, 15) is 10.1 Å². The molecular formula is C33H28N2O. The molecule has 5 rings (SSSR count). The Morgan fingerprint density at radius 2 is 1.33 bits per heavy atom. The molecule has 0 amide bonds. The molecule has 0 aromatic heterocycles. The fraction of sp³-hybridized carbons (Fsp3) is 0.152. The number of hydrogen-bond acceptors (Lipinski definition) is 3. The molecule has 36 heavy (non-hydrogen) atoms. The zero-order chi connectivity index (χ0) is 24.7. The van der Waals surface area contributed by atoms with Gasteiger partial charge >= 0.3 is 0 Å². The standard InChI is InChI=1S/C33H28N2O/c34-22-21-29-31(26-15-7-2-8-16-26)30(33(36)28-19-11-4-12-20-28)24-35(23-25-13-5-1-6-14-25)32(29)27-17-9-3-10-18-27/h1-20,30-31H,21,23-24H2/t30-,31-/m1/s1. The number of hydrogen-bond donors (Lipinski definition) is 0. The number of Topliss-reactive ketones (excluding diaryl/α,β-unsaturated/α-hetero) is 1. The van der Waals surface area contributed by atoms with E-state index >= 15 is 0 Å². The zero-order valence-electron chi connectivity index (χ0n) is 20.1. The quantitative estimate of drug-likeness (QED) is 0.272. The van der Waals surface area contributed by atoms with Gasteiger partial charge in [-0.2, -0.15) is 5.26 Å². The largest absolute Gasteiger partial charge is 0.366 e. The van der Waals surface area contributed by atoms with Gasteiger partial charge in [0.15, 0.2) is 5.78 Å². The second-order valence-electron chi connectivity index (χ2n) is 9.17. The first-order valence-electron chi connectivity index (χ1n) is 12.3. The molecule has 3 heteroatoms. The molecule has 4 aromatic rings. The summed E-state index contributed by atoms with van der Waals surface area (Å²) in [6.07, 6.45) is 0.258. The normalized spacial score (nSPS) is 17.5. The van der Waals surface area contributed by atoms with Crippen LogP contribution in [0.25, 0.3) is 5.70 Å². The number of rotatable bonds is 7. The van der Waals surface area contributed by atoms with Crippen molar-refractivity contribution < 1.29 is 4.79 Å². The van der Waals surface area contributed by atoms with Crippen LogP contribution in [-0.2, 0) is 6.54 Å². The van der Waals surface area contributed by atoms with Crippen LogP contribution in [0.4, 0.5) is 0 Å². The van der Waals surface area contributed by atoms with Crippen LogP contribution in [0.2, 0.25) is 0 Å². The van der Waals surface area contributed by atoms with Crippen molar-refractivity contribution in [1.29, 1.82) is 5.26 Å². The van der Waals surface area contributed by atoms with Crippen LogP contribution in [0.1, 0.15) is 39.4 Å². The summed E-state index contributed by atoms with van der Waals surface area (Å²) in [6.45, 7) is 1.24. The van der Waals surface area contributed by atoms with Crippen molar-refractivity contribution in [3.05, 3.63) is 149 Å². The molecule has 4 aromatic carbocycles. The predicted molar refractivity (Wildman–Crippen MR) is 144 cm³/mol. The number of carbonyl (C=O) groups is 1. The van der Waals surface area contributed by atoms with E-state index in [1.807, 2.05) is 84.9 Å². The van der Waals surface area contributed by atoms with Gasteiger partial charge < -0.3 is 4.90 Å². The van der Waals surface area contributed by atoms with Crippen molar-refractivity contribution in [1.82, 2.24) is 4.90 Å². The maximum absolute atomic E-state index is 14.0. The topological polar surface area (TPSA) is 44.1 Å². The Balaban J connectivity index is 1.72. The minimum Gasteiger partial charge on any atom is -0.366 e. The van der Waals surface area contributed by atoms with Crippen LogP contribution in [0.3, 0.4) is 0 Å². The lowest BCUT2D eigenvalue weighted by Crippen LogP contribution is -2.41. The maximum Gasteiger partial charge on any atom is 0.168 e. The first-order chi connectivity index (χ1) is 17.8. The van der Waals surface area contributed by atoms with Crippen LogP contribution < -0.4 is 0 Å². The summed E-state index contributed by atoms with van der Waals surface area (Å²) in [5, 5.41) is 9.98. The molecule has 0 spiro atoms. The third-order valence-corrected chi connectivity index (χ3v) is 6.90. The first-order valence-corrected chi connectivity index (χ1v) is 12.3. The van der Waals surface area contributed by atoms with E-state index < -0.39 is 0 Å². The third-order valence-electron chi connectivity index (χ3n) is 6.90. The molecule has 0 fully saturated rings. The van der Waals surface area contributed by atoms with Crippen LogP contribution in [0, 0.1) is 17.2 Å². The van der Waals surface area contributed by atoms with Crippen LogP contribution >= 0.6 is 0 Å². The summed E-state index contributed by atoms with van der Waals surface area (Å²) in [5.74, 6) is -0.375. The highest BCUT2D eigenvalue weighted by atomic mass is 16.1. The summed E-state index contributed by atoms with van der Waals surface area (Å²) >= 11 is 0. The van der Waals surface area contributed by atoms with E-state index in [4.69, 9.17) is 0 Å². The van der Waals surface area contributed by atoms with Crippen molar-refractivity contribution in [2.75, 3.05) is 6.54 Å². The molecule has 0 unspecified atom stereocenters. The minimum absolute atomic E-state index is 0.116. The molecule has 1 aliphatic heterocycles. The Bertz CT molecular complexity index is 1370. The van der Waals surface area contributed by atoms with Gasteiger partial charge in [-0.15, -0.1) is 0 Å². The summed E-state index contributed by atoms with van der Waals surface area (Å²) in [5.41, 5.74) is 6.10. The molecule has 0 aliphatic carbocycles. The van der Waals surface area contributed by atoms with Gasteiger partial charge in [-0.3, -0.25) is 4.79 Å². The van der Waals surface area contributed by atoms with Crippen molar-refractivity contribution in [3.63, 3.8) is 0 Å². The van der Waals surface area contributed by atoms with Gasteiger partial charge in [-0.1, -0.05) is 121 Å². The Kier molecular flexibility index (Phi) is 7.05. The molecular weight excluding hydrogens is 440 g/mol. The van der Waals surface area contributed by atoms with E-state index in [0.29, 0.717) is 18.7 Å². The van der Waals surface area contributed by atoms with Crippen molar-refractivity contribution in [2.24, 2.45) is 5.92 Å². The molecule has 0 bridgehead atoms. The second-order valence-corrected chi connectivity index (χ2v) is 9.17. The lowest BCUT2D eigenvalue weighted by Gasteiger charge is -2.43. The Hall–Kier alpha value is -4.42. The molecule has 0 saturated carbocycles. The highest BCUT2D eigenvalue weighted by Gasteiger charge is 2.40. The summed E-state index contributed by atoms with van der Waals surface area (Å²) < 4.78 is 0. The van der Waals surface area contributed by atoms with Gasteiger partial charge in [0.25, 0.3) is 0 Å². The van der Waals surface area contributed by atoms with Gasteiger partial charge in [0.1, 0.15) is 0 Å². The molecule has 3 nitrogen and oxygen atoms in total. The lowest BCUT2D eigenvalue weighted by molar-refractivity contribution is 0.0871. The SMILES string of the molecule is N#CCC1=C(c2ccccc2)N(Cc2ccccc2)C[C@@H](C(=O)c2ccccc2)[C@@H]1c1ccccc1. The molecule has 2 atom stereocenters. The third kappa shape index (κ3) is 4.85. The first kappa shape index (κ1) is 23.3. The summed E-state index contributed by atoms with van der Waals surface area (Å²) in [4.78, 5) is 16.4. The lowest BCUT2D eigenvalue weighted by atomic mass is 9.72. The van der Waals surface area contributed by atoms with Gasteiger partial charge in [-0.05, 0) is 22.3 Å². The van der Waals surface area contributed by atoms with Crippen LogP contribution in [0.15, 0.2) is 127 Å². The molecule has 0 radical (unpaired) electrons. The van der Waals surface area contributed by atoms with Crippen LogP contribution in [0.5, 0.6) is 0 Å². The zero-order valence-corrected chi connectivity index (χ0v) is 20.1. The molecule has 0 N–H and O–H groups in total. The highest BCUT2D eigenvalue weighted by molar-refractivity contribution is 5.99. The smallest absolute Gasteiger partial charge is 0.168 e. The van der Waals surface area contributed by atoms with Gasteiger partial charge in [0.2, 0.25) is 0 Å². The highest BCUT2D eigenvalue weighted by Crippen LogP contribution is 2.46. The number of ketones is 1. The van der Waals surface area contributed by atoms with Crippen molar-refractivity contribution in [3.8, 4) is 6.07 Å². The average molecular weight is 469 g/mol. The number of nitriles is 1. The fourth-order valence-corrected chi connectivity index (χ4v) is 5.36. The number of allylic oxidation sites excluding steroid dienone is 1. The van der Waals surface area contributed by atoms with Crippen molar-refractivity contribution >= 4 is 11.5 Å². The average Bonchev–Trinajstić information content (AvgIpc) is 2.94. The van der Waals surface area contributed by atoms with Gasteiger partial charge in [0.05, 0.1) is 18.4 Å². The second kappa shape index (κ2) is 10.9. The molecule has 0 saturated heterocycles. The number of carbonyl (C=O) groups excluding carboxylic acids is 1. The summed E-state index contributed by atoms with van der Waals surface area (Å²) in [6, 6.07) is 42.8. The van der Waals surface area contributed by atoms with E-state index in [1.54, 1.807) is 0 Å². The predicted octanol–water partition coefficient (Wildman–Crippen LogP) is 7.11.